The van der Waals surface area contributed by atoms with Crippen molar-refractivity contribution in [2.75, 3.05) is 13.1 Å². The molecule has 0 spiro atoms. The summed E-state index contributed by atoms with van der Waals surface area (Å²) >= 11 is 0. The van der Waals surface area contributed by atoms with Crippen molar-refractivity contribution >= 4 is 11.9 Å². The molecule has 0 saturated carbocycles. The molecular weight excluding hydrogens is 236 g/mol. The molecule has 3 N–H and O–H groups in total. The highest BCUT2D eigenvalue weighted by atomic mass is 16.4. The van der Waals surface area contributed by atoms with E-state index in [0.29, 0.717) is 12.3 Å². The second-order valence-corrected chi connectivity index (χ2v) is 4.60. The Morgan fingerprint density at radius 1 is 1.50 bits per heavy atom. The standard InChI is InChI=1S/C12H16N2O4/c1-7-5-14(6-9(7)12(16)17)11(15)10-3-2-8(4-13)18-10/h2-3,7,9H,4-6,13H2,1H3,(H,16,17)/t7-,9-/m1/s1. The van der Waals surface area contributed by atoms with E-state index in [9.17, 15) is 9.59 Å². The molecule has 6 heteroatoms. The molecule has 1 aliphatic rings. The normalized spacial score (nSPS) is 23.3. The number of amides is 1. The van der Waals surface area contributed by atoms with Gasteiger partial charge in [-0.05, 0) is 18.1 Å². The Morgan fingerprint density at radius 2 is 2.22 bits per heavy atom. The predicted octanol–water partition coefficient (Wildman–Crippen LogP) is 0.531. The fourth-order valence-electron chi connectivity index (χ4n) is 2.21. The van der Waals surface area contributed by atoms with Crippen LogP contribution in [0.25, 0.3) is 0 Å². The van der Waals surface area contributed by atoms with E-state index in [-0.39, 0.29) is 30.7 Å². The zero-order chi connectivity index (χ0) is 13.3. The van der Waals surface area contributed by atoms with Crippen LogP contribution in [0.1, 0.15) is 23.2 Å². The number of carbonyl (C=O) groups excluding carboxylic acids is 1. The molecule has 0 aromatic carbocycles. The third-order valence-electron chi connectivity index (χ3n) is 3.29. The largest absolute Gasteiger partial charge is 0.481 e. The summed E-state index contributed by atoms with van der Waals surface area (Å²) in [5.41, 5.74) is 5.40. The maximum absolute atomic E-state index is 12.1. The van der Waals surface area contributed by atoms with Gasteiger partial charge >= 0.3 is 5.97 Å². The van der Waals surface area contributed by atoms with Crippen molar-refractivity contribution in [1.82, 2.24) is 4.90 Å². The zero-order valence-corrected chi connectivity index (χ0v) is 10.1. The fourth-order valence-corrected chi connectivity index (χ4v) is 2.21. The second-order valence-electron chi connectivity index (χ2n) is 4.60. The molecule has 2 atom stereocenters. The highest BCUT2D eigenvalue weighted by Gasteiger charge is 2.37. The SMILES string of the molecule is C[C@@H]1CN(C(=O)c2ccc(CN)o2)C[C@H]1C(=O)O. The maximum Gasteiger partial charge on any atom is 0.308 e. The van der Waals surface area contributed by atoms with Crippen LogP contribution in [-0.2, 0) is 11.3 Å². The molecule has 0 radical (unpaired) electrons. The third-order valence-corrected chi connectivity index (χ3v) is 3.29. The first-order valence-electron chi connectivity index (χ1n) is 5.83. The van der Waals surface area contributed by atoms with Crippen molar-refractivity contribution in [3.05, 3.63) is 23.7 Å². The molecule has 6 nitrogen and oxygen atoms in total. The van der Waals surface area contributed by atoms with Gasteiger partial charge in [0.1, 0.15) is 5.76 Å². The van der Waals surface area contributed by atoms with Gasteiger partial charge in [-0.2, -0.15) is 0 Å². The van der Waals surface area contributed by atoms with Gasteiger partial charge in [0.2, 0.25) is 0 Å². The lowest BCUT2D eigenvalue weighted by Gasteiger charge is -2.13. The van der Waals surface area contributed by atoms with Crippen LogP contribution >= 0.6 is 0 Å². The van der Waals surface area contributed by atoms with E-state index in [2.05, 4.69) is 0 Å². The summed E-state index contributed by atoms with van der Waals surface area (Å²) in [4.78, 5) is 24.6. The van der Waals surface area contributed by atoms with Crippen molar-refractivity contribution in [2.24, 2.45) is 17.6 Å². The van der Waals surface area contributed by atoms with Crippen molar-refractivity contribution < 1.29 is 19.1 Å². The summed E-state index contributed by atoms with van der Waals surface area (Å²) in [6.07, 6.45) is 0. The lowest BCUT2D eigenvalue weighted by Crippen LogP contribution is -2.29. The molecule has 1 aliphatic heterocycles. The molecule has 0 unspecified atom stereocenters. The van der Waals surface area contributed by atoms with Crippen LogP contribution in [0.3, 0.4) is 0 Å². The lowest BCUT2D eigenvalue weighted by atomic mass is 9.99. The molecule has 1 aromatic rings. The van der Waals surface area contributed by atoms with E-state index in [1.165, 1.54) is 4.90 Å². The Hall–Kier alpha value is -1.82. The third kappa shape index (κ3) is 2.24. The molecule has 1 fully saturated rings. The van der Waals surface area contributed by atoms with Crippen LogP contribution in [0.2, 0.25) is 0 Å². The average molecular weight is 252 g/mol. The summed E-state index contributed by atoms with van der Waals surface area (Å²) in [7, 11) is 0. The number of carboxylic acids is 1. The molecule has 2 heterocycles. The topological polar surface area (TPSA) is 96.8 Å². The van der Waals surface area contributed by atoms with Gasteiger partial charge in [0.15, 0.2) is 5.76 Å². The monoisotopic (exact) mass is 252 g/mol. The minimum absolute atomic E-state index is 0.0459. The summed E-state index contributed by atoms with van der Waals surface area (Å²) in [6.45, 7) is 2.74. The Morgan fingerprint density at radius 3 is 2.72 bits per heavy atom. The van der Waals surface area contributed by atoms with Gasteiger partial charge in [-0.3, -0.25) is 9.59 Å². The van der Waals surface area contributed by atoms with Crippen molar-refractivity contribution in [3.63, 3.8) is 0 Å². The molecule has 1 saturated heterocycles. The van der Waals surface area contributed by atoms with Gasteiger partial charge in [-0.25, -0.2) is 0 Å². The molecule has 2 rings (SSSR count). The second kappa shape index (κ2) is 4.81. The van der Waals surface area contributed by atoms with Crippen LogP contribution in [0.15, 0.2) is 16.5 Å². The van der Waals surface area contributed by atoms with E-state index in [4.69, 9.17) is 15.3 Å². The molecule has 18 heavy (non-hydrogen) atoms. The first kappa shape index (κ1) is 12.6. The number of rotatable bonds is 3. The Bertz CT molecular complexity index is 468. The Balaban J connectivity index is 2.09. The average Bonchev–Trinajstić information content (AvgIpc) is 2.94. The number of hydrogen-bond acceptors (Lipinski definition) is 4. The first-order chi connectivity index (χ1) is 8.52. The number of nitrogens with two attached hydrogens (primary N) is 1. The zero-order valence-electron chi connectivity index (χ0n) is 10.1. The van der Waals surface area contributed by atoms with Gasteiger partial charge in [0.25, 0.3) is 5.91 Å². The van der Waals surface area contributed by atoms with Crippen LogP contribution in [-0.4, -0.2) is 35.0 Å². The van der Waals surface area contributed by atoms with Gasteiger partial charge in [-0.1, -0.05) is 6.92 Å². The van der Waals surface area contributed by atoms with E-state index in [1.807, 2.05) is 6.92 Å². The van der Waals surface area contributed by atoms with Crippen LogP contribution in [0.4, 0.5) is 0 Å². The van der Waals surface area contributed by atoms with E-state index < -0.39 is 11.9 Å². The number of likely N-dealkylation sites (tertiary alicyclic amines) is 1. The molecular formula is C12H16N2O4. The van der Waals surface area contributed by atoms with Gasteiger partial charge < -0.3 is 20.2 Å². The molecule has 0 bridgehead atoms. The summed E-state index contributed by atoms with van der Waals surface area (Å²) in [5, 5.41) is 9.02. The van der Waals surface area contributed by atoms with Crippen molar-refractivity contribution in [3.8, 4) is 0 Å². The summed E-state index contributed by atoms with van der Waals surface area (Å²) in [6, 6.07) is 3.23. The van der Waals surface area contributed by atoms with Crippen molar-refractivity contribution in [2.45, 2.75) is 13.5 Å². The Kier molecular flexibility index (Phi) is 3.38. The minimum Gasteiger partial charge on any atom is -0.481 e. The van der Waals surface area contributed by atoms with Crippen LogP contribution in [0.5, 0.6) is 0 Å². The van der Waals surface area contributed by atoms with E-state index in [1.54, 1.807) is 12.1 Å². The number of carboxylic acid groups (broad SMARTS) is 1. The highest BCUT2D eigenvalue weighted by molar-refractivity contribution is 5.92. The fraction of sp³-hybridized carbons (Fsp3) is 0.500. The van der Waals surface area contributed by atoms with Gasteiger partial charge in [0, 0.05) is 13.1 Å². The van der Waals surface area contributed by atoms with E-state index >= 15 is 0 Å². The predicted molar refractivity (Wildman–Crippen MR) is 62.8 cm³/mol. The van der Waals surface area contributed by atoms with Gasteiger partial charge in [0.05, 0.1) is 12.5 Å². The first-order valence-corrected chi connectivity index (χ1v) is 5.83. The van der Waals surface area contributed by atoms with Crippen molar-refractivity contribution in [1.29, 1.82) is 0 Å². The molecule has 1 amide bonds. The summed E-state index contributed by atoms with van der Waals surface area (Å²) in [5.74, 6) is -0.924. The molecule has 0 aliphatic carbocycles. The summed E-state index contributed by atoms with van der Waals surface area (Å²) < 4.78 is 5.27. The minimum atomic E-state index is -0.861. The maximum atomic E-state index is 12.1. The van der Waals surface area contributed by atoms with Crippen LogP contribution in [0, 0.1) is 11.8 Å². The number of furan rings is 1. The Labute approximate surface area is 104 Å². The van der Waals surface area contributed by atoms with Crippen LogP contribution < -0.4 is 5.73 Å². The highest BCUT2D eigenvalue weighted by Crippen LogP contribution is 2.25. The van der Waals surface area contributed by atoms with E-state index in [0.717, 1.165) is 0 Å². The number of carbonyl (C=O) groups is 2. The molecule has 1 aromatic heterocycles. The number of aliphatic carboxylic acids is 1. The quantitative estimate of drug-likeness (QED) is 0.818. The number of nitrogens with zero attached hydrogens (tertiary/aromatic N) is 1. The number of hydrogen-bond donors (Lipinski definition) is 2. The molecule has 98 valence electrons. The lowest BCUT2D eigenvalue weighted by molar-refractivity contribution is -0.142. The smallest absolute Gasteiger partial charge is 0.308 e. The van der Waals surface area contributed by atoms with Gasteiger partial charge in [-0.15, -0.1) is 0 Å².